The number of fused-ring (bicyclic) bond motifs is 1. The van der Waals surface area contributed by atoms with Gasteiger partial charge in [-0.1, -0.05) is 12.1 Å². The van der Waals surface area contributed by atoms with Crippen LogP contribution < -0.4 is 5.56 Å². The molecule has 0 amide bonds. The molecule has 0 atom stereocenters. The summed E-state index contributed by atoms with van der Waals surface area (Å²) in [5.74, 6) is 0.213. The van der Waals surface area contributed by atoms with Crippen LogP contribution in [0.25, 0.3) is 10.8 Å². The number of nitrogens with zero attached hydrogens (tertiary/aromatic N) is 2. The number of hydrogen-bond donors (Lipinski definition) is 2. The lowest BCUT2D eigenvalue weighted by atomic mass is 10.1. The van der Waals surface area contributed by atoms with E-state index in [2.05, 4.69) is 37.5 Å². The molecule has 2 aromatic carbocycles. The smallest absolute Gasteiger partial charge is 0.258 e. The van der Waals surface area contributed by atoms with Crippen LogP contribution >= 0.6 is 22.6 Å². The molecule has 3 aromatic rings. The predicted molar refractivity (Wildman–Crippen MR) is 127 cm³/mol. The molecule has 1 fully saturated rings. The van der Waals surface area contributed by atoms with Crippen molar-refractivity contribution in [2.24, 2.45) is 4.99 Å². The second kappa shape index (κ2) is 8.48. The third-order valence-electron chi connectivity index (χ3n) is 5.13. The van der Waals surface area contributed by atoms with Crippen LogP contribution in [0.4, 0.5) is 5.69 Å². The molecule has 0 unspecified atom stereocenters. The third kappa shape index (κ3) is 4.73. The summed E-state index contributed by atoms with van der Waals surface area (Å²) in [6.45, 7) is 1.81. The Labute approximate surface area is 187 Å². The van der Waals surface area contributed by atoms with Crippen LogP contribution in [0.1, 0.15) is 11.1 Å². The Morgan fingerprint density at radius 2 is 1.80 bits per heavy atom. The lowest BCUT2D eigenvalue weighted by molar-refractivity contribution is 0.287. The molecule has 0 radical (unpaired) electrons. The summed E-state index contributed by atoms with van der Waals surface area (Å²) in [7, 11) is -2.88. The molecule has 0 spiro atoms. The van der Waals surface area contributed by atoms with Gasteiger partial charge in [-0.05, 0) is 58.5 Å². The zero-order valence-corrected chi connectivity index (χ0v) is 19.0. The van der Waals surface area contributed by atoms with Crippen molar-refractivity contribution in [1.82, 2.24) is 9.88 Å². The highest BCUT2D eigenvalue weighted by atomic mass is 127. The number of hydrogen-bond acceptors (Lipinski definition) is 6. The Hall–Kier alpha value is -2.24. The number of halogens is 1. The largest absolute Gasteiger partial charge is 0.494 e. The maximum Gasteiger partial charge on any atom is 0.258 e. The van der Waals surface area contributed by atoms with Crippen LogP contribution in [0.2, 0.25) is 0 Å². The van der Waals surface area contributed by atoms with Gasteiger partial charge < -0.3 is 5.11 Å². The summed E-state index contributed by atoms with van der Waals surface area (Å²) in [6, 6.07) is 13.1. The molecule has 9 heteroatoms. The number of sulfone groups is 1. The molecule has 4 rings (SSSR count). The van der Waals surface area contributed by atoms with Crippen molar-refractivity contribution in [2.45, 2.75) is 6.54 Å². The minimum Gasteiger partial charge on any atom is -0.494 e. The standard InChI is InChI=1S/C21H20IN3O4S/c22-15-3-6-17-18(11-15)19(21(27)24-20(17)26)12-23-16-4-1-14(2-5-16)13-25-7-9-30(28,29)10-8-25/h1-6,11-12H,7-10,13H2,(H2,24,26,27). The fourth-order valence-corrected chi connectivity index (χ4v) is 5.20. The fourth-order valence-electron chi connectivity index (χ4n) is 3.43. The molecule has 1 saturated heterocycles. The van der Waals surface area contributed by atoms with Gasteiger partial charge in [-0.2, -0.15) is 0 Å². The van der Waals surface area contributed by atoms with Gasteiger partial charge in [0.05, 0.1) is 22.8 Å². The van der Waals surface area contributed by atoms with E-state index in [1.54, 1.807) is 12.3 Å². The maximum atomic E-state index is 12.1. The van der Waals surface area contributed by atoms with Crippen molar-refractivity contribution in [3.05, 3.63) is 67.5 Å². The van der Waals surface area contributed by atoms with E-state index in [0.717, 1.165) is 9.13 Å². The lowest BCUT2D eigenvalue weighted by Gasteiger charge is -2.26. The van der Waals surface area contributed by atoms with Gasteiger partial charge in [0, 0.05) is 40.2 Å². The zero-order chi connectivity index (χ0) is 21.3. The van der Waals surface area contributed by atoms with E-state index >= 15 is 0 Å². The number of aromatic hydroxyl groups is 1. The number of H-pyrrole nitrogens is 1. The predicted octanol–water partition coefficient (Wildman–Crippen LogP) is 2.82. The Kier molecular flexibility index (Phi) is 5.94. The number of aromatic nitrogens is 1. The minimum atomic E-state index is -2.88. The molecule has 2 heterocycles. The molecule has 0 aliphatic carbocycles. The Balaban J connectivity index is 1.53. The van der Waals surface area contributed by atoms with Crippen LogP contribution in [0, 0.1) is 3.57 Å². The van der Waals surface area contributed by atoms with Crippen LogP contribution in [0.3, 0.4) is 0 Å². The first kappa shape index (κ1) is 21.0. The number of aliphatic imine (C=N–C) groups is 1. The average Bonchev–Trinajstić information content (AvgIpc) is 2.70. The molecule has 2 N–H and O–H groups in total. The topological polar surface area (TPSA) is 103 Å². The normalized spacial score (nSPS) is 17.0. The Morgan fingerprint density at radius 1 is 1.10 bits per heavy atom. The minimum absolute atomic E-state index is 0.213. The lowest BCUT2D eigenvalue weighted by Crippen LogP contribution is -2.39. The van der Waals surface area contributed by atoms with Crippen LogP contribution in [-0.2, 0) is 16.4 Å². The average molecular weight is 537 g/mol. The van der Waals surface area contributed by atoms with Gasteiger partial charge in [-0.25, -0.2) is 8.42 Å². The van der Waals surface area contributed by atoms with E-state index in [4.69, 9.17) is 0 Å². The van der Waals surface area contributed by atoms with E-state index in [0.29, 0.717) is 41.7 Å². The van der Waals surface area contributed by atoms with Gasteiger partial charge in [0.15, 0.2) is 9.84 Å². The second-order valence-electron chi connectivity index (χ2n) is 7.26. The number of aromatic amines is 1. The van der Waals surface area contributed by atoms with Gasteiger partial charge in [-0.15, -0.1) is 0 Å². The summed E-state index contributed by atoms with van der Waals surface area (Å²) in [5, 5.41) is 11.4. The van der Waals surface area contributed by atoms with Crippen molar-refractivity contribution >= 4 is 55.1 Å². The molecule has 156 valence electrons. The van der Waals surface area contributed by atoms with Gasteiger partial charge >= 0.3 is 0 Å². The van der Waals surface area contributed by atoms with Gasteiger partial charge in [0.2, 0.25) is 5.88 Å². The van der Waals surface area contributed by atoms with E-state index in [-0.39, 0.29) is 22.9 Å². The van der Waals surface area contributed by atoms with Crippen molar-refractivity contribution < 1.29 is 13.5 Å². The summed E-state index contributed by atoms with van der Waals surface area (Å²) in [6.07, 6.45) is 1.55. The summed E-state index contributed by atoms with van der Waals surface area (Å²) >= 11 is 2.16. The highest BCUT2D eigenvalue weighted by Crippen LogP contribution is 2.24. The molecule has 7 nitrogen and oxygen atoms in total. The van der Waals surface area contributed by atoms with E-state index in [1.807, 2.05) is 36.4 Å². The Morgan fingerprint density at radius 3 is 2.50 bits per heavy atom. The van der Waals surface area contributed by atoms with Crippen molar-refractivity contribution in [2.75, 3.05) is 24.6 Å². The molecule has 0 saturated carbocycles. The number of nitrogens with one attached hydrogen (secondary N) is 1. The first-order chi connectivity index (χ1) is 14.3. The highest BCUT2D eigenvalue weighted by Gasteiger charge is 2.21. The molecule has 1 aliphatic rings. The first-order valence-electron chi connectivity index (χ1n) is 9.41. The summed E-state index contributed by atoms with van der Waals surface area (Å²) in [4.78, 5) is 21.1. The molecular weight excluding hydrogens is 517 g/mol. The number of benzene rings is 2. The van der Waals surface area contributed by atoms with E-state index in [9.17, 15) is 18.3 Å². The van der Waals surface area contributed by atoms with Crippen molar-refractivity contribution in [3.8, 4) is 5.88 Å². The fraction of sp³-hybridized carbons (Fsp3) is 0.238. The monoisotopic (exact) mass is 537 g/mol. The SMILES string of the molecule is O=c1[nH]c(O)c(C=Nc2ccc(CN3CCS(=O)(=O)CC3)cc2)c2cc(I)ccc12. The quantitative estimate of drug-likeness (QED) is 0.394. The molecule has 1 aliphatic heterocycles. The number of pyridine rings is 1. The molecular formula is C21H20IN3O4S. The van der Waals surface area contributed by atoms with Crippen LogP contribution in [-0.4, -0.2) is 54.2 Å². The van der Waals surface area contributed by atoms with Gasteiger partial charge in [0.1, 0.15) is 0 Å². The molecule has 30 heavy (non-hydrogen) atoms. The Bertz CT molecular complexity index is 1270. The summed E-state index contributed by atoms with van der Waals surface area (Å²) in [5.41, 5.74) is 1.91. The molecule has 1 aromatic heterocycles. The molecule has 0 bridgehead atoms. The maximum absolute atomic E-state index is 12.1. The number of rotatable bonds is 4. The summed E-state index contributed by atoms with van der Waals surface area (Å²) < 4.78 is 24.0. The second-order valence-corrected chi connectivity index (χ2v) is 10.8. The van der Waals surface area contributed by atoms with Gasteiger partial charge in [0.25, 0.3) is 5.56 Å². The van der Waals surface area contributed by atoms with E-state index < -0.39 is 9.84 Å². The zero-order valence-electron chi connectivity index (χ0n) is 16.0. The van der Waals surface area contributed by atoms with Crippen molar-refractivity contribution in [1.29, 1.82) is 0 Å². The highest BCUT2D eigenvalue weighted by molar-refractivity contribution is 14.1. The van der Waals surface area contributed by atoms with Crippen LogP contribution in [0.15, 0.2) is 52.3 Å². The van der Waals surface area contributed by atoms with Gasteiger partial charge in [-0.3, -0.25) is 19.7 Å². The van der Waals surface area contributed by atoms with E-state index in [1.165, 1.54) is 0 Å². The third-order valence-corrected chi connectivity index (χ3v) is 7.41. The first-order valence-corrected chi connectivity index (χ1v) is 12.3. The van der Waals surface area contributed by atoms with Crippen LogP contribution in [0.5, 0.6) is 5.88 Å². The van der Waals surface area contributed by atoms with Crippen molar-refractivity contribution in [3.63, 3.8) is 0 Å².